The summed E-state index contributed by atoms with van der Waals surface area (Å²) in [7, 11) is 0. The number of primary amides is 1. The highest BCUT2D eigenvalue weighted by atomic mass is 32.2. The molecule has 0 radical (unpaired) electrons. The minimum absolute atomic E-state index is 0.0689. The summed E-state index contributed by atoms with van der Waals surface area (Å²) < 4.78 is 6.19. The van der Waals surface area contributed by atoms with Gasteiger partial charge in [-0.3, -0.25) is 9.59 Å². The molecule has 0 saturated carbocycles. The highest BCUT2D eigenvalue weighted by Gasteiger charge is 2.59. The lowest BCUT2D eigenvalue weighted by molar-refractivity contribution is -1.08. The van der Waals surface area contributed by atoms with Gasteiger partial charge >= 0.3 is 0 Å². The number of carbonyl (C=O) groups excluding carboxylic acids is 3. The Bertz CT molecular complexity index is 1740. The molecule has 5 aliphatic heterocycles. The van der Waals surface area contributed by atoms with Crippen LogP contribution in [0.3, 0.4) is 0 Å². The zero-order valence-corrected chi connectivity index (χ0v) is 27.5. The zero-order valence-electron chi connectivity index (χ0n) is 25.8. The maximum absolute atomic E-state index is 12.8. The molecular formula is C32H40N6O5S2+2. The van der Waals surface area contributed by atoms with Crippen molar-refractivity contribution < 1.29 is 38.1 Å². The number of rotatable bonds is 10. The molecule has 238 valence electrons. The summed E-state index contributed by atoms with van der Waals surface area (Å²) in [5.74, 6) is -2.77. The van der Waals surface area contributed by atoms with Crippen LogP contribution in [-0.4, -0.2) is 105 Å². The van der Waals surface area contributed by atoms with Crippen molar-refractivity contribution >= 4 is 51.3 Å². The number of amides is 2. The van der Waals surface area contributed by atoms with E-state index in [0.29, 0.717) is 18.7 Å². The number of benzene rings is 1. The smallest absolute Gasteiger partial charge is 0.272 e. The number of thioether (sulfide) groups is 1. The molecule has 2 bridgehead atoms. The van der Waals surface area contributed by atoms with Gasteiger partial charge in [-0.05, 0) is 24.8 Å². The Balaban J connectivity index is 1.12. The molecule has 3 aromatic rings. The summed E-state index contributed by atoms with van der Waals surface area (Å²) in [6.07, 6.45) is 5.20. The van der Waals surface area contributed by atoms with Gasteiger partial charge in [-0.1, -0.05) is 48.2 Å². The van der Waals surface area contributed by atoms with Crippen molar-refractivity contribution in [1.82, 2.24) is 9.30 Å². The van der Waals surface area contributed by atoms with E-state index < -0.39 is 18.0 Å². The van der Waals surface area contributed by atoms with Crippen LogP contribution in [0.5, 0.6) is 0 Å². The number of aliphatic hydroxyl groups is 1. The molecule has 3 N–H and O–H groups in total. The number of aromatic nitrogens is 2. The van der Waals surface area contributed by atoms with Crippen molar-refractivity contribution in [1.29, 1.82) is 0 Å². The molecule has 4 saturated heterocycles. The molecule has 4 fully saturated rings. The minimum Gasteiger partial charge on any atom is -0.543 e. The number of thiazole rings is 1. The first-order valence-corrected chi connectivity index (χ1v) is 17.6. The number of aliphatic carboxylic acids is 1. The van der Waals surface area contributed by atoms with Crippen molar-refractivity contribution in [3.8, 4) is 0 Å². The fourth-order valence-corrected chi connectivity index (χ4v) is 10.6. The molecule has 5 aliphatic rings. The van der Waals surface area contributed by atoms with Gasteiger partial charge in [-0.25, -0.2) is 4.57 Å². The number of nitrogens with two attached hydrogens (primary N) is 1. The quantitative estimate of drug-likeness (QED) is 0.138. The van der Waals surface area contributed by atoms with Gasteiger partial charge in [0.05, 0.1) is 34.6 Å². The third-order valence-corrected chi connectivity index (χ3v) is 12.8. The zero-order chi connectivity index (χ0) is 31.8. The van der Waals surface area contributed by atoms with Crippen LogP contribution in [0.1, 0.15) is 29.9 Å². The van der Waals surface area contributed by atoms with Crippen LogP contribution in [0.15, 0.2) is 47.5 Å². The van der Waals surface area contributed by atoms with Crippen LogP contribution in [0.4, 0.5) is 0 Å². The van der Waals surface area contributed by atoms with Gasteiger partial charge in [-0.2, -0.15) is 4.40 Å². The fraction of sp³-hybridized carbons (Fsp3) is 0.500. The summed E-state index contributed by atoms with van der Waals surface area (Å²) in [5.41, 5.74) is 8.63. The van der Waals surface area contributed by atoms with Crippen LogP contribution in [0.2, 0.25) is 0 Å². The van der Waals surface area contributed by atoms with E-state index >= 15 is 0 Å². The van der Waals surface area contributed by atoms with Gasteiger partial charge in [0, 0.05) is 17.1 Å². The van der Waals surface area contributed by atoms with Crippen LogP contribution in [0.25, 0.3) is 10.4 Å². The summed E-state index contributed by atoms with van der Waals surface area (Å²) in [6, 6.07) is 8.46. The van der Waals surface area contributed by atoms with Gasteiger partial charge in [0.2, 0.25) is 15.8 Å². The van der Waals surface area contributed by atoms with E-state index in [0.717, 1.165) is 69.5 Å². The maximum atomic E-state index is 12.8. The second kappa shape index (κ2) is 10.9. The number of fused-ring (bicyclic) bond motifs is 5. The average Bonchev–Trinajstić information content (AvgIpc) is 3.60. The normalized spacial score (nSPS) is 29.7. The van der Waals surface area contributed by atoms with Gasteiger partial charge < -0.3 is 34.6 Å². The lowest BCUT2D eigenvalue weighted by Gasteiger charge is -2.55. The molecule has 1 aromatic carbocycles. The topological polar surface area (TPSA) is 132 Å². The number of carbonyl (C=O) groups is 3. The molecule has 4 atom stereocenters. The predicted molar refractivity (Wildman–Crippen MR) is 167 cm³/mol. The van der Waals surface area contributed by atoms with E-state index in [-0.39, 0.29) is 29.5 Å². The molecule has 13 heteroatoms. The molecule has 11 nitrogen and oxygen atoms in total. The molecule has 7 heterocycles. The summed E-state index contributed by atoms with van der Waals surface area (Å²) in [6.45, 7) is 11.9. The molecule has 0 aliphatic carbocycles. The van der Waals surface area contributed by atoms with Crippen molar-refractivity contribution in [2.45, 2.75) is 44.1 Å². The van der Waals surface area contributed by atoms with E-state index in [2.05, 4.69) is 35.2 Å². The van der Waals surface area contributed by atoms with E-state index in [1.807, 2.05) is 23.8 Å². The van der Waals surface area contributed by atoms with Gasteiger partial charge in [0.15, 0.2) is 6.54 Å². The largest absolute Gasteiger partial charge is 0.543 e. The molecular weight excluding hydrogens is 613 g/mol. The Hall–Kier alpha value is -3.23. The third kappa shape index (κ3) is 4.91. The number of imidazole rings is 1. The fourth-order valence-electron chi connectivity index (χ4n) is 8.42. The number of β-lactam (4-membered cyclic amide) rings is 1. The number of quaternary nitrogens is 2. The summed E-state index contributed by atoms with van der Waals surface area (Å²) in [4.78, 5) is 39.8. The van der Waals surface area contributed by atoms with Crippen molar-refractivity contribution in [2.75, 3.05) is 52.1 Å². The summed E-state index contributed by atoms with van der Waals surface area (Å²) >= 11 is 3.17. The Morgan fingerprint density at radius 2 is 1.84 bits per heavy atom. The standard InChI is InChI=1S/C32H39N6O5S2/c1-19-25(28(32(42)43)36-27(19)26(20(2)39)29(36)41)23-15-35-18-34(30(44-3)31(35)45-23)14-21-5-4-6-22(13-21)16-37-7-10-38(11-8-37,12-9-37)17-24(33)40/h4-6,13,15,18-20,26-27,39H,7-12,14,16-17H2,1-3H3,(H-2,33,40,42,43)/q+1/p+1/t19-,20+,26+,27+,37?,38?/m0/s1. The lowest BCUT2D eigenvalue weighted by atomic mass is 9.77. The number of carboxylic acid groups (broad SMARTS) is 1. The van der Waals surface area contributed by atoms with E-state index in [1.165, 1.54) is 27.4 Å². The number of carboxylic acids is 1. The monoisotopic (exact) mass is 652 g/mol. The maximum Gasteiger partial charge on any atom is 0.272 e. The summed E-state index contributed by atoms with van der Waals surface area (Å²) in [5, 5.41) is 23.5. The molecule has 0 unspecified atom stereocenters. The minimum atomic E-state index is -1.36. The second-order valence-electron chi connectivity index (χ2n) is 13.5. The second-order valence-corrected chi connectivity index (χ2v) is 15.3. The van der Waals surface area contributed by atoms with E-state index in [4.69, 9.17) is 5.73 Å². The van der Waals surface area contributed by atoms with Crippen LogP contribution >= 0.6 is 23.1 Å². The number of piperazine rings is 3. The third-order valence-electron chi connectivity index (χ3n) is 10.7. The molecule has 45 heavy (non-hydrogen) atoms. The van der Waals surface area contributed by atoms with Gasteiger partial charge in [0.1, 0.15) is 58.6 Å². The molecule has 0 spiro atoms. The Morgan fingerprint density at radius 1 is 1.18 bits per heavy atom. The van der Waals surface area contributed by atoms with E-state index in [9.17, 15) is 24.6 Å². The predicted octanol–water partition coefficient (Wildman–Crippen LogP) is 0.0231. The molecule has 2 amide bonds. The number of hydrogen-bond acceptors (Lipinski definition) is 7. The van der Waals surface area contributed by atoms with Crippen molar-refractivity contribution in [3.63, 3.8) is 0 Å². The number of nitrogens with zero attached hydrogens (tertiary/aromatic N) is 5. The van der Waals surface area contributed by atoms with E-state index in [1.54, 1.807) is 18.7 Å². The van der Waals surface area contributed by atoms with Crippen LogP contribution in [0, 0.1) is 11.8 Å². The molecule has 2 aromatic heterocycles. The Morgan fingerprint density at radius 3 is 2.47 bits per heavy atom. The average molecular weight is 653 g/mol. The first-order valence-electron chi connectivity index (χ1n) is 15.6. The first kappa shape index (κ1) is 30.4. The van der Waals surface area contributed by atoms with Gasteiger partial charge in [-0.15, -0.1) is 0 Å². The van der Waals surface area contributed by atoms with Crippen molar-refractivity contribution in [2.24, 2.45) is 17.6 Å². The number of aliphatic hydroxyl groups excluding tert-OH is 1. The van der Waals surface area contributed by atoms with Gasteiger partial charge in [0.25, 0.3) is 12.2 Å². The van der Waals surface area contributed by atoms with Crippen LogP contribution in [-0.2, 0) is 27.5 Å². The highest BCUT2D eigenvalue weighted by molar-refractivity contribution is 7.98. The number of hydrogen-bond donors (Lipinski definition) is 2. The Kier molecular flexibility index (Phi) is 7.40. The van der Waals surface area contributed by atoms with Crippen LogP contribution < -0.4 is 15.4 Å². The SMILES string of the molecule is CSc1c2sc(C3=C(C(=O)[O-])N4C(=O)[C@H]([C@@H](C)O)[C@H]4[C@H]3C)cn2c[n+]1Cc1cccc(C[N+]23CC[N+](CC(N)=O)(CC2)CC3)c1. The Labute approximate surface area is 270 Å². The lowest BCUT2D eigenvalue weighted by Crippen LogP contribution is -2.75. The molecule has 8 rings (SSSR count). The highest BCUT2D eigenvalue weighted by Crippen LogP contribution is 2.51. The van der Waals surface area contributed by atoms with Crippen molar-refractivity contribution in [3.05, 3.63) is 58.5 Å². The first-order chi connectivity index (χ1) is 21.4.